The van der Waals surface area contributed by atoms with Crippen molar-refractivity contribution < 1.29 is 4.39 Å². The number of hydrogen-bond acceptors (Lipinski definition) is 3. The lowest BCUT2D eigenvalue weighted by Crippen LogP contribution is -2.39. The van der Waals surface area contributed by atoms with Crippen LogP contribution in [0.4, 0.5) is 4.39 Å². The fourth-order valence-electron chi connectivity index (χ4n) is 1.14. The summed E-state index contributed by atoms with van der Waals surface area (Å²) >= 11 is 0. The average Bonchev–Trinajstić information content (AvgIpc) is 2.16. The number of alkyl halides is 1. The first-order valence-electron chi connectivity index (χ1n) is 4.07. The molecule has 0 aromatic carbocycles. The second-order valence-corrected chi connectivity index (χ2v) is 4.35. The minimum absolute atomic E-state index is 0.0987. The van der Waals surface area contributed by atoms with E-state index < -0.39 is 6.42 Å². The third-order valence-electron chi connectivity index (χ3n) is 1.62. The Bertz CT molecular complexity index is 185. The summed E-state index contributed by atoms with van der Waals surface area (Å²) in [6.07, 6.45) is 0.458. The largest absolute Gasteiger partial charge is 0.313 e. The fourth-order valence-corrected chi connectivity index (χ4v) is 1.14. The lowest BCUT2D eigenvalue weighted by atomic mass is 9.96. The molecule has 0 bridgehead atoms. The highest BCUT2D eigenvalue weighted by atomic mass is 19.1. The molecule has 1 unspecified atom stereocenters. The lowest BCUT2D eigenvalue weighted by molar-refractivity contribution is 0.0196. The normalized spacial score (nSPS) is 23.9. The molecular weight excluding hydrogens is 157 g/mol. The van der Waals surface area contributed by atoms with Gasteiger partial charge in [-0.2, -0.15) is 9.49 Å². The minimum atomic E-state index is -1.09. The van der Waals surface area contributed by atoms with Crippen LogP contribution in [0.15, 0.2) is 5.10 Å². The summed E-state index contributed by atoms with van der Waals surface area (Å²) in [6, 6.07) is 0. The maximum Gasteiger partial charge on any atom is 0.264 e. The highest BCUT2D eigenvalue weighted by Gasteiger charge is 2.27. The Labute approximate surface area is 72.8 Å². The lowest BCUT2D eigenvalue weighted by Gasteiger charge is -2.28. The predicted molar refractivity (Wildman–Crippen MR) is 47.3 cm³/mol. The molecule has 1 atom stereocenters. The first-order valence-corrected chi connectivity index (χ1v) is 4.07. The molecule has 1 aliphatic heterocycles. The smallest absolute Gasteiger partial charge is 0.264 e. The van der Waals surface area contributed by atoms with E-state index in [0.29, 0.717) is 6.54 Å². The van der Waals surface area contributed by atoms with Gasteiger partial charge in [-0.25, -0.2) is 5.01 Å². The van der Waals surface area contributed by atoms with Crippen molar-refractivity contribution in [1.29, 1.82) is 0 Å². The minimum Gasteiger partial charge on any atom is -0.313 e. The molecule has 12 heavy (non-hydrogen) atoms. The molecule has 0 radical (unpaired) electrons. The van der Waals surface area contributed by atoms with Crippen LogP contribution >= 0.6 is 0 Å². The van der Waals surface area contributed by atoms with Crippen LogP contribution in [0.1, 0.15) is 20.8 Å². The molecule has 3 nitrogen and oxygen atoms in total. The first-order chi connectivity index (χ1) is 5.40. The van der Waals surface area contributed by atoms with Gasteiger partial charge in [0.25, 0.3) is 6.42 Å². The number of rotatable bonds is 1. The molecule has 4 heteroatoms. The number of hydrogen-bond donors (Lipinski definition) is 0. The fraction of sp³-hybridized carbons (Fsp3) is 0.875. The Morgan fingerprint density at radius 2 is 2.08 bits per heavy atom. The van der Waals surface area contributed by atoms with Crippen molar-refractivity contribution in [3.8, 4) is 0 Å². The zero-order chi connectivity index (χ0) is 9.35. The average molecular weight is 173 g/mol. The molecule has 0 fully saturated rings. The van der Waals surface area contributed by atoms with Crippen molar-refractivity contribution in [3.05, 3.63) is 0 Å². The van der Waals surface area contributed by atoms with Crippen LogP contribution < -0.4 is 0 Å². The molecule has 0 amide bonds. The van der Waals surface area contributed by atoms with E-state index in [4.69, 9.17) is 0 Å². The molecular formula is C8H16FN3. The van der Waals surface area contributed by atoms with Gasteiger partial charge in [0.2, 0.25) is 0 Å². The molecule has 1 aliphatic rings. The molecule has 70 valence electrons. The Morgan fingerprint density at radius 1 is 1.50 bits per heavy atom. The SMILES string of the molecule is CN1N=CN(CC(C)(C)C)C1F. The van der Waals surface area contributed by atoms with Crippen LogP contribution in [0.25, 0.3) is 0 Å². The Morgan fingerprint density at radius 3 is 2.42 bits per heavy atom. The van der Waals surface area contributed by atoms with Crippen LogP contribution in [0.3, 0.4) is 0 Å². The second kappa shape index (κ2) is 2.92. The van der Waals surface area contributed by atoms with Crippen molar-refractivity contribution in [2.45, 2.75) is 27.2 Å². The van der Waals surface area contributed by atoms with Gasteiger partial charge >= 0.3 is 0 Å². The van der Waals surface area contributed by atoms with Gasteiger partial charge in [-0.15, -0.1) is 0 Å². The van der Waals surface area contributed by atoms with E-state index in [1.807, 2.05) is 0 Å². The molecule has 0 aromatic heterocycles. The monoisotopic (exact) mass is 173 g/mol. The van der Waals surface area contributed by atoms with Crippen LogP contribution in [-0.2, 0) is 0 Å². The Balaban J connectivity index is 2.51. The van der Waals surface area contributed by atoms with E-state index in [1.165, 1.54) is 5.01 Å². The van der Waals surface area contributed by atoms with Gasteiger partial charge < -0.3 is 4.90 Å². The van der Waals surface area contributed by atoms with E-state index in [9.17, 15) is 4.39 Å². The maximum atomic E-state index is 13.2. The van der Waals surface area contributed by atoms with Crippen LogP contribution in [-0.4, -0.2) is 36.3 Å². The van der Waals surface area contributed by atoms with Gasteiger partial charge in [-0.1, -0.05) is 20.8 Å². The first kappa shape index (κ1) is 9.29. The van der Waals surface area contributed by atoms with Gasteiger partial charge in [-0.05, 0) is 5.41 Å². The van der Waals surface area contributed by atoms with Gasteiger partial charge in [0, 0.05) is 13.6 Å². The van der Waals surface area contributed by atoms with Crippen molar-refractivity contribution in [3.63, 3.8) is 0 Å². The zero-order valence-corrected chi connectivity index (χ0v) is 8.08. The summed E-state index contributed by atoms with van der Waals surface area (Å²) in [6.45, 7) is 6.91. The summed E-state index contributed by atoms with van der Waals surface area (Å²) in [7, 11) is 1.63. The third-order valence-corrected chi connectivity index (χ3v) is 1.62. The van der Waals surface area contributed by atoms with Crippen molar-refractivity contribution >= 4 is 6.34 Å². The molecule has 0 N–H and O–H groups in total. The van der Waals surface area contributed by atoms with Gasteiger partial charge in [0.15, 0.2) is 0 Å². The van der Waals surface area contributed by atoms with Crippen molar-refractivity contribution in [2.75, 3.05) is 13.6 Å². The van der Waals surface area contributed by atoms with Gasteiger partial charge in [0.1, 0.15) is 6.34 Å². The van der Waals surface area contributed by atoms with E-state index in [-0.39, 0.29) is 5.41 Å². The van der Waals surface area contributed by atoms with Crippen LogP contribution in [0.5, 0.6) is 0 Å². The molecule has 1 rings (SSSR count). The summed E-state index contributed by atoms with van der Waals surface area (Å²) < 4.78 is 13.2. The molecule has 0 aromatic rings. The number of nitrogens with zero attached hydrogens (tertiary/aromatic N) is 3. The summed E-state index contributed by atoms with van der Waals surface area (Å²) in [4.78, 5) is 1.60. The van der Waals surface area contributed by atoms with Crippen LogP contribution in [0.2, 0.25) is 0 Å². The molecule has 0 aliphatic carbocycles. The Hall–Kier alpha value is -0.800. The summed E-state index contributed by atoms with van der Waals surface area (Å²) in [5, 5.41) is 5.15. The van der Waals surface area contributed by atoms with E-state index in [1.54, 1.807) is 18.3 Å². The van der Waals surface area contributed by atoms with Gasteiger partial charge in [0.05, 0.1) is 0 Å². The second-order valence-electron chi connectivity index (χ2n) is 4.35. The summed E-state index contributed by atoms with van der Waals surface area (Å²) in [5.41, 5.74) is 0.0987. The van der Waals surface area contributed by atoms with E-state index in [2.05, 4.69) is 25.9 Å². The summed E-state index contributed by atoms with van der Waals surface area (Å²) in [5.74, 6) is 0. The van der Waals surface area contributed by atoms with E-state index in [0.717, 1.165) is 0 Å². The van der Waals surface area contributed by atoms with Gasteiger partial charge in [-0.3, -0.25) is 0 Å². The maximum absolute atomic E-state index is 13.2. The number of halogens is 1. The molecule has 0 spiro atoms. The highest BCUT2D eigenvalue weighted by molar-refractivity contribution is 5.56. The Kier molecular flexibility index (Phi) is 2.26. The zero-order valence-electron chi connectivity index (χ0n) is 8.08. The van der Waals surface area contributed by atoms with Crippen molar-refractivity contribution in [1.82, 2.24) is 9.91 Å². The molecule has 1 heterocycles. The predicted octanol–water partition coefficient (Wildman–Crippen LogP) is 1.48. The standard InChI is InChI=1S/C8H16FN3/c1-8(2,3)5-12-6-10-11(4)7(12)9/h6-7H,5H2,1-4H3. The third kappa shape index (κ3) is 2.09. The molecule has 0 saturated heterocycles. The van der Waals surface area contributed by atoms with E-state index >= 15 is 0 Å². The van der Waals surface area contributed by atoms with Crippen molar-refractivity contribution in [2.24, 2.45) is 10.5 Å². The molecule has 0 saturated carbocycles. The highest BCUT2D eigenvalue weighted by Crippen LogP contribution is 2.19. The quantitative estimate of drug-likeness (QED) is 0.559. The number of hydrazone groups is 1. The van der Waals surface area contributed by atoms with Crippen LogP contribution in [0, 0.1) is 5.41 Å². The topological polar surface area (TPSA) is 18.8 Å².